The lowest BCUT2D eigenvalue weighted by Gasteiger charge is -2.16. The van der Waals surface area contributed by atoms with E-state index in [0.717, 1.165) is 6.07 Å². The van der Waals surface area contributed by atoms with Crippen molar-refractivity contribution in [2.75, 3.05) is 18.4 Å². The van der Waals surface area contributed by atoms with E-state index < -0.39 is 11.7 Å². The number of anilines is 1. The highest BCUT2D eigenvalue weighted by molar-refractivity contribution is 5.52. The third-order valence-electron chi connectivity index (χ3n) is 2.28. The molecular formula is C11H15F3N2. The van der Waals surface area contributed by atoms with Crippen molar-refractivity contribution in [1.29, 1.82) is 0 Å². The average Bonchev–Trinajstić information content (AvgIpc) is 2.25. The van der Waals surface area contributed by atoms with Crippen LogP contribution in [0, 0.1) is 5.92 Å². The van der Waals surface area contributed by atoms with Gasteiger partial charge in [0.25, 0.3) is 0 Å². The Morgan fingerprint density at radius 2 is 1.94 bits per heavy atom. The highest BCUT2D eigenvalue weighted by atomic mass is 19.4. The molecule has 0 fully saturated rings. The molecule has 0 aliphatic rings. The Kier molecular flexibility index (Phi) is 4.18. The Morgan fingerprint density at radius 1 is 1.31 bits per heavy atom. The van der Waals surface area contributed by atoms with E-state index in [1.165, 1.54) is 12.1 Å². The molecule has 1 unspecified atom stereocenters. The Morgan fingerprint density at radius 3 is 2.50 bits per heavy atom. The van der Waals surface area contributed by atoms with Crippen molar-refractivity contribution in [2.24, 2.45) is 11.7 Å². The molecule has 16 heavy (non-hydrogen) atoms. The second kappa shape index (κ2) is 5.21. The summed E-state index contributed by atoms with van der Waals surface area (Å²) >= 11 is 0. The Bertz CT molecular complexity index is 336. The van der Waals surface area contributed by atoms with Gasteiger partial charge < -0.3 is 11.1 Å². The van der Waals surface area contributed by atoms with Crippen LogP contribution in [-0.4, -0.2) is 13.1 Å². The predicted molar refractivity (Wildman–Crippen MR) is 58.2 cm³/mol. The zero-order chi connectivity index (χ0) is 12.2. The van der Waals surface area contributed by atoms with E-state index in [1.807, 2.05) is 6.92 Å². The summed E-state index contributed by atoms with van der Waals surface area (Å²) in [5.74, 6) is 0.140. The van der Waals surface area contributed by atoms with Gasteiger partial charge in [-0.3, -0.25) is 0 Å². The van der Waals surface area contributed by atoms with E-state index >= 15 is 0 Å². The second-order valence-corrected chi connectivity index (χ2v) is 3.77. The average molecular weight is 232 g/mol. The van der Waals surface area contributed by atoms with E-state index in [4.69, 9.17) is 5.73 Å². The van der Waals surface area contributed by atoms with Crippen molar-refractivity contribution in [3.8, 4) is 0 Å². The minimum absolute atomic E-state index is 0.107. The summed E-state index contributed by atoms with van der Waals surface area (Å²) in [6.07, 6.45) is -4.32. The first-order valence-corrected chi connectivity index (χ1v) is 5.05. The van der Waals surface area contributed by atoms with E-state index in [1.54, 1.807) is 6.07 Å². The van der Waals surface area contributed by atoms with E-state index in [9.17, 15) is 13.2 Å². The summed E-state index contributed by atoms with van der Waals surface area (Å²) in [5, 5.41) is 2.77. The molecule has 1 atom stereocenters. The van der Waals surface area contributed by atoms with Gasteiger partial charge in [0, 0.05) is 12.2 Å². The SMILES string of the molecule is CC(CN)CNc1ccccc1C(F)(F)F. The third-order valence-corrected chi connectivity index (χ3v) is 2.28. The van der Waals surface area contributed by atoms with Gasteiger partial charge in [-0.05, 0) is 24.6 Å². The molecule has 1 aromatic carbocycles. The van der Waals surface area contributed by atoms with Gasteiger partial charge in [-0.1, -0.05) is 19.1 Å². The van der Waals surface area contributed by atoms with Crippen LogP contribution in [-0.2, 0) is 6.18 Å². The number of nitrogens with one attached hydrogen (secondary N) is 1. The summed E-state index contributed by atoms with van der Waals surface area (Å²) in [4.78, 5) is 0. The van der Waals surface area contributed by atoms with Gasteiger partial charge in [0.05, 0.1) is 5.56 Å². The largest absolute Gasteiger partial charge is 0.418 e. The summed E-state index contributed by atoms with van der Waals surface area (Å²) in [7, 11) is 0. The van der Waals surface area contributed by atoms with Crippen LogP contribution in [0.3, 0.4) is 0 Å². The third kappa shape index (κ3) is 3.41. The minimum Gasteiger partial charge on any atom is -0.384 e. The van der Waals surface area contributed by atoms with Gasteiger partial charge in [-0.25, -0.2) is 0 Å². The quantitative estimate of drug-likeness (QED) is 0.837. The van der Waals surface area contributed by atoms with Crippen LogP contribution in [0.5, 0.6) is 0 Å². The van der Waals surface area contributed by atoms with Crippen LogP contribution in [0.1, 0.15) is 12.5 Å². The zero-order valence-corrected chi connectivity index (χ0v) is 9.01. The number of hydrogen-bond acceptors (Lipinski definition) is 2. The summed E-state index contributed by atoms with van der Waals surface area (Å²) in [5.41, 5.74) is 4.86. The van der Waals surface area contributed by atoms with Crippen LogP contribution in [0.25, 0.3) is 0 Å². The number of benzene rings is 1. The number of rotatable bonds is 4. The monoisotopic (exact) mass is 232 g/mol. The molecule has 0 aliphatic carbocycles. The number of para-hydroxylation sites is 1. The van der Waals surface area contributed by atoms with Gasteiger partial charge in [-0.15, -0.1) is 0 Å². The number of nitrogens with two attached hydrogens (primary N) is 1. The maximum Gasteiger partial charge on any atom is 0.418 e. The zero-order valence-electron chi connectivity index (χ0n) is 9.01. The summed E-state index contributed by atoms with van der Waals surface area (Å²) < 4.78 is 37.8. The topological polar surface area (TPSA) is 38.0 Å². The molecule has 0 saturated carbocycles. The van der Waals surface area contributed by atoms with Crippen molar-refractivity contribution in [1.82, 2.24) is 0 Å². The minimum atomic E-state index is -4.32. The van der Waals surface area contributed by atoms with Gasteiger partial charge in [0.1, 0.15) is 0 Å². The first kappa shape index (κ1) is 12.8. The maximum atomic E-state index is 12.6. The Hall–Kier alpha value is -1.23. The van der Waals surface area contributed by atoms with Crippen LogP contribution >= 0.6 is 0 Å². The fraction of sp³-hybridized carbons (Fsp3) is 0.455. The molecule has 0 aliphatic heterocycles. The summed E-state index contributed by atoms with van der Waals surface area (Å²) in [6, 6.07) is 5.44. The molecule has 90 valence electrons. The van der Waals surface area contributed by atoms with Crippen molar-refractivity contribution in [3.63, 3.8) is 0 Å². The molecule has 0 heterocycles. The van der Waals surface area contributed by atoms with Crippen LogP contribution < -0.4 is 11.1 Å². The van der Waals surface area contributed by atoms with Crippen LogP contribution in [0.15, 0.2) is 24.3 Å². The molecule has 0 bridgehead atoms. The molecular weight excluding hydrogens is 217 g/mol. The standard InChI is InChI=1S/C11H15F3N2/c1-8(6-15)7-16-10-5-3-2-4-9(10)11(12,13)14/h2-5,8,16H,6-7,15H2,1H3. The first-order chi connectivity index (χ1) is 7.45. The number of alkyl halides is 3. The van der Waals surface area contributed by atoms with Crippen molar-refractivity contribution >= 4 is 5.69 Å². The van der Waals surface area contributed by atoms with Crippen molar-refractivity contribution in [2.45, 2.75) is 13.1 Å². The van der Waals surface area contributed by atoms with Gasteiger partial charge >= 0.3 is 6.18 Å². The lowest BCUT2D eigenvalue weighted by atomic mass is 10.1. The molecule has 0 radical (unpaired) electrons. The lowest BCUT2D eigenvalue weighted by molar-refractivity contribution is -0.136. The molecule has 0 amide bonds. The highest BCUT2D eigenvalue weighted by Crippen LogP contribution is 2.34. The van der Waals surface area contributed by atoms with E-state index in [-0.39, 0.29) is 11.6 Å². The predicted octanol–water partition coefficient (Wildman–Crippen LogP) is 2.71. The van der Waals surface area contributed by atoms with Crippen molar-refractivity contribution < 1.29 is 13.2 Å². The smallest absolute Gasteiger partial charge is 0.384 e. The Labute approximate surface area is 92.6 Å². The molecule has 5 heteroatoms. The molecule has 0 spiro atoms. The van der Waals surface area contributed by atoms with Crippen molar-refractivity contribution in [3.05, 3.63) is 29.8 Å². The Balaban J connectivity index is 2.80. The molecule has 3 N–H and O–H groups in total. The lowest BCUT2D eigenvalue weighted by Crippen LogP contribution is -2.21. The van der Waals surface area contributed by atoms with E-state index in [2.05, 4.69) is 5.32 Å². The van der Waals surface area contributed by atoms with Gasteiger partial charge in [0.2, 0.25) is 0 Å². The second-order valence-electron chi connectivity index (χ2n) is 3.77. The van der Waals surface area contributed by atoms with Crippen LogP contribution in [0.2, 0.25) is 0 Å². The fourth-order valence-corrected chi connectivity index (χ4v) is 1.25. The molecule has 2 nitrogen and oxygen atoms in total. The first-order valence-electron chi connectivity index (χ1n) is 5.05. The molecule has 0 aromatic heterocycles. The van der Waals surface area contributed by atoms with Crippen LogP contribution in [0.4, 0.5) is 18.9 Å². The number of halogens is 3. The number of hydrogen-bond donors (Lipinski definition) is 2. The molecule has 1 aromatic rings. The molecule has 0 saturated heterocycles. The fourth-order valence-electron chi connectivity index (χ4n) is 1.25. The normalized spacial score (nSPS) is 13.6. The van der Waals surface area contributed by atoms with Gasteiger partial charge in [-0.2, -0.15) is 13.2 Å². The van der Waals surface area contributed by atoms with E-state index in [0.29, 0.717) is 13.1 Å². The highest BCUT2D eigenvalue weighted by Gasteiger charge is 2.33. The maximum absolute atomic E-state index is 12.6. The van der Waals surface area contributed by atoms with Gasteiger partial charge in [0.15, 0.2) is 0 Å². The summed E-state index contributed by atoms with van der Waals surface area (Å²) in [6.45, 7) is 2.76. The molecule has 1 rings (SSSR count).